The van der Waals surface area contributed by atoms with E-state index in [1.807, 2.05) is 5.32 Å². The van der Waals surface area contributed by atoms with Gasteiger partial charge in [-0.3, -0.25) is 15.0 Å². The maximum atomic E-state index is 11.4. The Balaban J connectivity index is 2.35. The standard InChI is InChI=1S/C10H20N4O3/c11-10(17)13-9(16)7-14(4-5-15)6-8-2-1-3-12-8/h8,12,15H,1-7H2,(H3,11,13,16,17). The smallest absolute Gasteiger partial charge is 0.318 e. The zero-order chi connectivity index (χ0) is 12.7. The minimum Gasteiger partial charge on any atom is -0.395 e. The second-order valence-electron chi connectivity index (χ2n) is 4.16. The van der Waals surface area contributed by atoms with Crippen molar-refractivity contribution >= 4 is 11.9 Å². The van der Waals surface area contributed by atoms with E-state index in [2.05, 4.69) is 5.32 Å². The number of nitrogens with zero attached hydrogens (tertiary/aromatic N) is 1. The Morgan fingerprint density at radius 2 is 2.29 bits per heavy atom. The highest BCUT2D eigenvalue weighted by Crippen LogP contribution is 2.06. The van der Waals surface area contributed by atoms with Crippen LogP contribution in [-0.4, -0.2) is 60.8 Å². The molecule has 0 aromatic heterocycles. The lowest BCUT2D eigenvalue weighted by Gasteiger charge is -2.23. The first-order chi connectivity index (χ1) is 8.11. The number of imide groups is 1. The number of urea groups is 1. The Morgan fingerprint density at radius 1 is 1.53 bits per heavy atom. The molecule has 1 atom stereocenters. The van der Waals surface area contributed by atoms with Gasteiger partial charge in [0.2, 0.25) is 5.91 Å². The summed E-state index contributed by atoms with van der Waals surface area (Å²) in [5.74, 6) is -0.441. The second-order valence-corrected chi connectivity index (χ2v) is 4.16. The van der Waals surface area contributed by atoms with Crippen LogP contribution in [0.1, 0.15) is 12.8 Å². The molecule has 1 heterocycles. The fraction of sp³-hybridized carbons (Fsp3) is 0.800. The van der Waals surface area contributed by atoms with E-state index < -0.39 is 11.9 Å². The van der Waals surface area contributed by atoms with Crippen LogP contribution >= 0.6 is 0 Å². The van der Waals surface area contributed by atoms with Crippen molar-refractivity contribution in [2.45, 2.75) is 18.9 Å². The molecule has 98 valence electrons. The molecule has 1 aliphatic heterocycles. The lowest BCUT2D eigenvalue weighted by atomic mass is 10.2. The Labute approximate surface area is 100 Å². The third kappa shape index (κ3) is 5.62. The fourth-order valence-electron chi connectivity index (χ4n) is 1.98. The highest BCUT2D eigenvalue weighted by atomic mass is 16.3. The molecule has 0 bridgehead atoms. The Kier molecular flexibility index (Phi) is 5.88. The number of carbonyl (C=O) groups excluding carboxylic acids is 2. The van der Waals surface area contributed by atoms with Gasteiger partial charge >= 0.3 is 6.03 Å². The molecule has 1 saturated heterocycles. The van der Waals surface area contributed by atoms with Crippen LogP contribution in [0.5, 0.6) is 0 Å². The summed E-state index contributed by atoms with van der Waals surface area (Å²) >= 11 is 0. The largest absolute Gasteiger partial charge is 0.395 e. The zero-order valence-electron chi connectivity index (χ0n) is 9.82. The molecule has 7 heteroatoms. The minimum atomic E-state index is -0.849. The number of carbonyl (C=O) groups is 2. The summed E-state index contributed by atoms with van der Waals surface area (Å²) in [6.07, 6.45) is 2.20. The van der Waals surface area contributed by atoms with Crippen LogP contribution in [0.25, 0.3) is 0 Å². The van der Waals surface area contributed by atoms with E-state index in [-0.39, 0.29) is 13.2 Å². The molecule has 1 aliphatic rings. The summed E-state index contributed by atoms with van der Waals surface area (Å²) in [6, 6.07) is -0.499. The van der Waals surface area contributed by atoms with Gasteiger partial charge in [-0.25, -0.2) is 4.79 Å². The molecule has 7 nitrogen and oxygen atoms in total. The molecule has 1 fully saturated rings. The van der Waals surface area contributed by atoms with Crippen molar-refractivity contribution in [1.82, 2.24) is 15.5 Å². The molecule has 1 unspecified atom stereocenters. The normalized spacial score (nSPS) is 19.5. The van der Waals surface area contributed by atoms with Crippen LogP contribution in [-0.2, 0) is 4.79 Å². The summed E-state index contributed by atoms with van der Waals surface area (Å²) in [7, 11) is 0. The highest BCUT2D eigenvalue weighted by molar-refractivity contribution is 5.94. The molecule has 0 saturated carbocycles. The van der Waals surface area contributed by atoms with E-state index in [0.29, 0.717) is 19.1 Å². The number of hydrogen-bond donors (Lipinski definition) is 4. The van der Waals surface area contributed by atoms with E-state index in [1.54, 1.807) is 4.90 Å². The van der Waals surface area contributed by atoms with Gasteiger partial charge in [-0.2, -0.15) is 0 Å². The van der Waals surface area contributed by atoms with Crippen molar-refractivity contribution in [2.75, 3.05) is 32.8 Å². The van der Waals surface area contributed by atoms with Gasteiger partial charge in [-0.05, 0) is 19.4 Å². The van der Waals surface area contributed by atoms with Crippen LogP contribution in [0.15, 0.2) is 0 Å². The number of nitrogens with two attached hydrogens (primary N) is 1. The highest BCUT2D eigenvalue weighted by Gasteiger charge is 2.19. The molecular formula is C10H20N4O3. The van der Waals surface area contributed by atoms with Crippen molar-refractivity contribution in [3.63, 3.8) is 0 Å². The second kappa shape index (κ2) is 7.21. The number of aliphatic hydroxyl groups is 1. The van der Waals surface area contributed by atoms with Gasteiger partial charge in [0, 0.05) is 19.1 Å². The number of amides is 3. The molecule has 5 N–H and O–H groups in total. The number of nitrogens with one attached hydrogen (secondary N) is 2. The first kappa shape index (κ1) is 13.9. The van der Waals surface area contributed by atoms with E-state index in [0.717, 1.165) is 19.4 Å². The van der Waals surface area contributed by atoms with Crippen molar-refractivity contribution in [1.29, 1.82) is 0 Å². The molecule has 17 heavy (non-hydrogen) atoms. The summed E-state index contributed by atoms with van der Waals surface area (Å²) in [5.41, 5.74) is 4.86. The van der Waals surface area contributed by atoms with Crippen LogP contribution < -0.4 is 16.4 Å². The third-order valence-corrected chi connectivity index (χ3v) is 2.69. The van der Waals surface area contributed by atoms with Gasteiger partial charge in [0.1, 0.15) is 0 Å². The van der Waals surface area contributed by atoms with Crippen molar-refractivity contribution in [3.8, 4) is 0 Å². The van der Waals surface area contributed by atoms with Crippen LogP contribution in [0.3, 0.4) is 0 Å². The Morgan fingerprint density at radius 3 is 2.82 bits per heavy atom. The van der Waals surface area contributed by atoms with Gasteiger partial charge in [-0.1, -0.05) is 0 Å². The number of hydrogen-bond acceptors (Lipinski definition) is 5. The monoisotopic (exact) mass is 244 g/mol. The molecular weight excluding hydrogens is 224 g/mol. The average molecular weight is 244 g/mol. The summed E-state index contributed by atoms with van der Waals surface area (Å²) < 4.78 is 0. The van der Waals surface area contributed by atoms with Gasteiger partial charge < -0.3 is 16.2 Å². The first-order valence-corrected chi connectivity index (χ1v) is 5.77. The lowest BCUT2D eigenvalue weighted by Crippen LogP contribution is -2.46. The lowest BCUT2D eigenvalue weighted by molar-refractivity contribution is -0.121. The molecule has 0 aromatic rings. The third-order valence-electron chi connectivity index (χ3n) is 2.69. The maximum Gasteiger partial charge on any atom is 0.318 e. The van der Waals surface area contributed by atoms with E-state index >= 15 is 0 Å². The number of primary amides is 1. The van der Waals surface area contributed by atoms with Crippen LogP contribution in [0.4, 0.5) is 4.79 Å². The Bertz CT molecular complexity index is 266. The summed E-state index contributed by atoms with van der Waals surface area (Å²) in [5, 5.41) is 14.2. The van der Waals surface area contributed by atoms with E-state index in [9.17, 15) is 9.59 Å². The minimum absolute atomic E-state index is 0.0173. The predicted molar refractivity (Wildman–Crippen MR) is 62.3 cm³/mol. The van der Waals surface area contributed by atoms with Crippen molar-refractivity contribution in [2.24, 2.45) is 5.73 Å². The van der Waals surface area contributed by atoms with Crippen LogP contribution in [0.2, 0.25) is 0 Å². The topological polar surface area (TPSA) is 108 Å². The van der Waals surface area contributed by atoms with E-state index in [4.69, 9.17) is 10.8 Å². The maximum absolute atomic E-state index is 11.4. The SMILES string of the molecule is NC(=O)NC(=O)CN(CCO)CC1CCCN1. The molecule has 0 aliphatic carbocycles. The summed E-state index contributed by atoms with van der Waals surface area (Å²) in [4.78, 5) is 23.7. The number of rotatable bonds is 6. The quantitative estimate of drug-likeness (QED) is 0.442. The fourth-order valence-corrected chi connectivity index (χ4v) is 1.98. The van der Waals surface area contributed by atoms with Gasteiger partial charge in [-0.15, -0.1) is 0 Å². The predicted octanol–water partition coefficient (Wildman–Crippen LogP) is -1.77. The molecule has 3 amide bonds. The molecule has 0 radical (unpaired) electrons. The van der Waals surface area contributed by atoms with Crippen molar-refractivity contribution < 1.29 is 14.7 Å². The number of aliphatic hydroxyl groups excluding tert-OH is 1. The van der Waals surface area contributed by atoms with E-state index in [1.165, 1.54) is 0 Å². The van der Waals surface area contributed by atoms with Crippen LogP contribution in [0, 0.1) is 0 Å². The van der Waals surface area contributed by atoms with Crippen molar-refractivity contribution in [3.05, 3.63) is 0 Å². The van der Waals surface area contributed by atoms with Gasteiger partial charge in [0.05, 0.1) is 13.2 Å². The Hall–Kier alpha value is -1.18. The first-order valence-electron chi connectivity index (χ1n) is 5.77. The average Bonchev–Trinajstić information content (AvgIpc) is 2.69. The molecule has 1 rings (SSSR count). The van der Waals surface area contributed by atoms with Gasteiger partial charge in [0.25, 0.3) is 0 Å². The molecule has 0 spiro atoms. The molecule has 0 aromatic carbocycles. The zero-order valence-corrected chi connectivity index (χ0v) is 9.82. The van der Waals surface area contributed by atoms with Gasteiger partial charge in [0.15, 0.2) is 0 Å². The summed E-state index contributed by atoms with van der Waals surface area (Å²) in [6.45, 7) is 2.14.